The number of nitrogens with one attached hydrogen (secondary N) is 1. The number of hydrogen-bond acceptors (Lipinski definition) is 5. The number of ether oxygens (including phenoxy) is 1. The van der Waals surface area contributed by atoms with Crippen molar-refractivity contribution in [3.8, 4) is 0 Å². The van der Waals surface area contributed by atoms with Crippen molar-refractivity contribution in [1.82, 2.24) is 9.97 Å². The lowest BCUT2D eigenvalue weighted by Gasteiger charge is -2.16. The Morgan fingerprint density at radius 1 is 1.42 bits per heavy atom. The molecule has 1 aromatic heterocycles. The molecule has 0 fully saturated rings. The Kier molecular flexibility index (Phi) is 5.73. The van der Waals surface area contributed by atoms with Gasteiger partial charge < -0.3 is 10.1 Å². The van der Waals surface area contributed by atoms with Crippen LogP contribution in [0.4, 0.5) is 5.95 Å². The van der Waals surface area contributed by atoms with Gasteiger partial charge in [-0.25, -0.2) is 14.8 Å². The number of nitrogens with zero attached hydrogens (tertiary/aromatic N) is 2. The molecule has 0 aromatic carbocycles. The van der Waals surface area contributed by atoms with E-state index in [2.05, 4.69) is 36.1 Å². The second-order valence-electron chi connectivity index (χ2n) is 5.09. The summed E-state index contributed by atoms with van der Waals surface area (Å²) in [7, 11) is 0. The number of hydrogen-bond donors (Lipinski definition) is 1. The minimum Gasteiger partial charge on any atom is -0.462 e. The molecule has 0 amide bonds. The summed E-state index contributed by atoms with van der Waals surface area (Å²) in [6.45, 7) is 10.4. The van der Waals surface area contributed by atoms with Crippen LogP contribution in [0.5, 0.6) is 0 Å². The molecule has 0 spiro atoms. The number of esters is 1. The van der Waals surface area contributed by atoms with Crippen LogP contribution in [0, 0.1) is 12.8 Å². The van der Waals surface area contributed by atoms with E-state index in [0.29, 0.717) is 35.8 Å². The SMILES string of the molecule is CCOC(=O)c1cnc(NC(C)CC(C)C)nc1C. The van der Waals surface area contributed by atoms with Gasteiger partial charge in [-0.05, 0) is 33.1 Å². The number of aromatic nitrogens is 2. The highest BCUT2D eigenvalue weighted by molar-refractivity contribution is 5.90. The van der Waals surface area contributed by atoms with Crippen LogP contribution < -0.4 is 5.32 Å². The molecule has 0 aliphatic rings. The van der Waals surface area contributed by atoms with Crippen molar-refractivity contribution < 1.29 is 9.53 Å². The van der Waals surface area contributed by atoms with Gasteiger partial charge in [-0.15, -0.1) is 0 Å². The molecule has 0 radical (unpaired) electrons. The van der Waals surface area contributed by atoms with Crippen LogP contribution >= 0.6 is 0 Å². The van der Waals surface area contributed by atoms with E-state index in [1.807, 2.05) is 0 Å². The summed E-state index contributed by atoms with van der Waals surface area (Å²) in [6, 6.07) is 0.299. The van der Waals surface area contributed by atoms with Crippen LogP contribution in [-0.2, 0) is 4.74 Å². The van der Waals surface area contributed by atoms with Gasteiger partial charge in [-0.2, -0.15) is 0 Å². The first-order valence-electron chi connectivity index (χ1n) is 6.71. The predicted molar refractivity (Wildman–Crippen MR) is 75.3 cm³/mol. The Hall–Kier alpha value is -1.65. The van der Waals surface area contributed by atoms with Gasteiger partial charge in [0.05, 0.1) is 17.9 Å². The molecule has 106 valence electrons. The van der Waals surface area contributed by atoms with Crippen molar-refractivity contribution in [3.05, 3.63) is 17.5 Å². The van der Waals surface area contributed by atoms with E-state index in [1.54, 1.807) is 13.8 Å². The molecule has 5 nitrogen and oxygen atoms in total. The van der Waals surface area contributed by atoms with Crippen molar-refractivity contribution in [2.45, 2.75) is 47.1 Å². The van der Waals surface area contributed by atoms with E-state index in [9.17, 15) is 4.79 Å². The average Bonchev–Trinajstić information content (AvgIpc) is 2.27. The minimum atomic E-state index is -0.373. The summed E-state index contributed by atoms with van der Waals surface area (Å²) in [5.41, 5.74) is 1.05. The van der Waals surface area contributed by atoms with Crippen LogP contribution in [0.15, 0.2) is 6.20 Å². The Morgan fingerprint density at radius 3 is 2.63 bits per heavy atom. The largest absolute Gasteiger partial charge is 0.462 e. The molecular weight excluding hydrogens is 242 g/mol. The summed E-state index contributed by atoms with van der Waals surface area (Å²) in [4.78, 5) is 20.1. The average molecular weight is 265 g/mol. The van der Waals surface area contributed by atoms with E-state index in [0.717, 1.165) is 6.42 Å². The summed E-state index contributed by atoms with van der Waals surface area (Å²) >= 11 is 0. The fourth-order valence-electron chi connectivity index (χ4n) is 1.93. The second-order valence-corrected chi connectivity index (χ2v) is 5.09. The molecule has 0 saturated carbocycles. The lowest BCUT2D eigenvalue weighted by Crippen LogP contribution is -2.20. The third kappa shape index (κ3) is 4.85. The van der Waals surface area contributed by atoms with E-state index in [-0.39, 0.29) is 5.97 Å². The first kappa shape index (κ1) is 15.4. The third-order valence-electron chi connectivity index (χ3n) is 2.68. The topological polar surface area (TPSA) is 64.1 Å². The van der Waals surface area contributed by atoms with E-state index in [1.165, 1.54) is 6.20 Å². The van der Waals surface area contributed by atoms with Crippen molar-refractivity contribution in [1.29, 1.82) is 0 Å². The van der Waals surface area contributed by atoms with Gasteiger partial charge in [0.15, 0.2) is 0 Å². The highest BCUT2D eigenvalue weighted by Gasteiger charge is 2.13. The molecule has 0 bridgehead atoms. The fourth-order valence-corrected chi connectivity index (χ4v) is 1.93. The molecule has 5 heteroatoms. The van der Waals surface area contributed by atoms with Crippen LogP contribution in [0.1, 0.15) is 50.2 Å². The number of carbonyl (C=O) groups excluding carboxylic acids is 1. The molecule has 19 heavy (non-hydrogen) atoms. The lowest BCUT2D eigenvalue weighted by molar-refractivity contribution is 0.0524. The molecular formula is C14H23N3O2. The molecule has 0 aliphatic heterocycles. The van der Waals surface area contributed by atoms with E-state index in [4.69, 9.17) is 4.74 Å². The second kappa shape index (κ2) is 7.07. The quantitative estimate of drug-likeness (QED) is 0.801. The van der Waals surface area contributed by atoms with Gasteiger partial charge in [-0.3, -0.25) is 0 Å². The first-order chi connectivity index (χ1) is 8.93. The molecule has 1 heterocycles. The Morgan fingerprint density at radius 2 is 2.11 bits per heavy atom. The molecule has 1 aromatic rings. The smallest absolute Gasteiger partial charge is 0.341 e. The third-order valence-corrected chi connectivity index (χ3v) is 2.68. The molecule has 0 saturated heterocycles. The monoisotopic (exact) mass is 265 g/mol. The molecule has 1 unspecified atom stereocenters. The van der Waals surface area contributed by atoms with E-state index < -0.39 is 0 Å². The number of anilines is 1. The molecule has 0 aliphatic carbocycles. The van der Waals surface area contributed by atoms with Crippen molar-refractivity contribution in [2.75, 3.05) is 11.9 Å². The molecule has 1 N–H and O–H groups in total. The Balaban J connectivity index is 2.74. The normalized spacial score (nSPS) is 12.3. The molecule has 1 rings (SSSR count). The summed E-state index contributed by atoms with van der Waals surface area (Å²) in [6.07, 6.45) is 2.56. The minimum absolute atomic E-state index is 0.299. The zero-order chi connectivity index (χ0) is 14.4. The van der Waals surface area contributed by atoms with Gasteiger partial charge in [0.2, 0.25) is 5.95 Å². The Bertz CT molecular complexity index is 433. The van der Waals surface area contributed by atoms with Gasteiger partial charge >= 0.3 is 5.97 Å². The number of carbonyl (C=O) groups is 1. The van der Waals surface area contributed by atoms with Crippen molar-refractivity contribution >= 4 is 11.9 Å². The van der Waals surface area contributed by atoms with Gasteiger partial charge in [0.25, 0.3) is 0 Å². The maximum Gasteiger partial charge on any atom is 0.341 e. The predicted octanol–water partition coefficient (Wildman–Crippen LogP) is 2.81. The van der Waals surface area contributed by atoms with Crippen molar-refractivity contribution in [3.63, 3.8) is 0 Å². The van der Waals surface area contributed by atoms with Gasteiger partial charge in [0.1, 0.15) is 0 Å². The first-order valence-corrected chi connectivity index (χ1v) is 6.71. The van der Waals surface area contributed by atoms with Crippen LogP contribution in [0.2, 0.25) is 0 Å². The van der Waals surface area contributed by atoms with Crippen molar-refractivity contribution in [2.24, 2.45) is 5.92 Å². The van der Waals surface area contributed by atoms with Crippen LogP contribution in [0.3, 0.4) is 0 Å². The van der Waals surface area contributed by atoms with Crippen LogP contribution in [0.25, 0.3) is 0 Å². The highest BCUT2D eigenvalue weighted by atomic mass is 16.5. The summed E-state index contributed by atoms with van der Waals surface area (Å²) in [5, 5.41) is 3.24. The molecule has 1 atom stereocenters. The zero-order valence-electron chi connectivity index (χ0n) is 12.4. The maximum absolute atomic E-state index is 11.6. The maximum atomic E-state index is 11.6. The zero-order valence-corrected chi connectivity index (χ0v) is 12.4. The summed E-state index contributed by atoms with van der Waals surface area (Å²) < 4.78 is 4.94. The lowest BCUT2D eigenvalue weighted by atomic mass is 10.1. The Labute approximate surface area is 114 Å². The summed E-state index contributed by atoms with van der Waals surface area (Å²) in [5.74, 6) is 0.794. The van der Waals surface area contributed by atoms with Crippen LogP contribution in [-0.4, -0.2) is 28.6 Å². The van der Waals surface area contributed by atoms with Gasteiger partial charge in [-0.1, -0.05) is 13.8 Å². The number of aryl methyl sites for hydroxylation is 1. The highest BCUT2D eigenvalue weighted by Crippen LogP contribution is 2.12. The van der Waals surface area contributed by atoms with E-state index >= 15 is 0 Å². The van der Waals surface area contributed by atoms with Gasteiger partial charge in [0, 0.05) is 12.2 Å². The fraction of sp³-hybridized carbons (Fsp3) is 0.643. The standard InChI is InChI=1S/C14H23N3O2/c1-6-19-13(18)12-8-15-14(17-11(12)5)16-10(4)7-9(2)3/h8-10H,6-7H2,1-5H3,(H,15,16,17). The number of rotatable bonds is 6.